The van der Waals surface area contributed by atoms with Gasteiger partial charge in [-0.25, -0.2) is 15.0 Å². The molecule has 21 heavy (non-hydrogen) atoms. The summed E-state index contributed by atoms with van der Waals surface area (Å²) in [6, 6.07) is 0. The number of nitrogens with zero attached hydrogens (tertiary/aromatic N) is 4. The third-order valence-electron chi connectivity index (χ3n) is 2.98. The Balaban J connectivity index is 1.96. The van der Waals surface area contributed by atoms with Gasteiger partial charge in [0.15, 0.2) is 5.96 Å². The second-order valence-corrected chi connectivity index (χ2v) is 4.69. The zero-order valence-corrected chi connectivity index (χ0v) is 11.5. The van der Waals surface area contributed by atoms with E-state index in [9.17, 15) is 13.2 Å². The monoisotopic (exact) mass is 303 g/mol. The molecule has 1 unspecified atom stereocenters. The highest BCUT2D eigenvalue weighted by Crippen LogP contribution is 2.27. The number of ether oxygens (including phenoxy) is 1. The van der Waals surface area contributed by atoms with Crippen LogP contribution in [0.15, 0.2) is 17.4 Å². The summed E-state index contributed by atoms with van der Waals surface area (Å²) in [6.45, 7) is 3.79. The summed E-state index contributed by atoms with van der Waals surface area (Å²) in [5.74, 6) is 0.501. The molecule has 116 valence electrons. The van der Waals surface area contributed by atoms with Gasteiger partial charge in [0.1, 0.15) is 12.4 Å². The lowest BCUT2D eigenvalue weighted by atomic mass is 10.3. The number of hydrogen-bond donors (Lipinski definition) is 1. The van der Waals surface area contributed by atoms with Crippen LogP contribution in [0.2, 0.25) is 0 Å². The Bertz CT molecular complexity index is 503. The Labute approximate surface area is 119 Å². The Morgan fingerprint density at radius 3 is 2.71 bits per heavy atom. The number of hydrogen-bond acceptors (Lipinski definition) is 4. The van der Waals surface area contributed by atoms with E-state index in [2.05, 4.69) is 15.0 Å². The summed E-state index contributed by atoms with van der Waals surface area (Å²) >= 11 is 0. The van der Waals surface area contributed by atoms with Crippen LogP contribution < -0.4 is 5.73 Å². The van der Waals surface area contributed by atoms with Gasteiger partial charge in [-0.05, 0) is 6.92 Å². The Hall–Kier alpha value is -1.90. The van der Waals surface area contributed by atoms with E-state index < -0.39 is 11.7 Å². The van der Waals surface area contributed by atoms with Gasteiger partial charge in [0.25, 0.3) is 0 Å². The van der Waals surface area contributed by atoms with Crippen LogP contribution in [0.3, 0.4) is 0 Å². The first kappa shape index (κ1) is 15.5. The van der Waals surface area contributed by atoms with Gasteiger partial charge in [-0.3, -0.25) is 0 Å². The zero-order valence-electron chi connectivity index (χ0n) is 11.5. The topological polar surface area (TPSA) is 76.6 Å². The van der Waals surface area contributed by atoms with Crippen molar-refractivity contribution in [1.29, 1.82) is 0 Å². The molecule has 0 bridgehead atoms. The van der Waals surface area contributed by atoms with E-state index in [1.165, 1.54) is 0 Å². The highest BCUT2D eigenvalue weighted by molar-refractivity contribution is 5.78. The molecule has 2 N–H and O–H groups in total. The van der Waals surface area contributed by atoms with Crippen molar-refractivity contribution >= 4 is 5.96 Å². The first-order valence-corrected chi connectivity index (χ1v) is 6.41. The van der Waals surface area contributed by atoms with E-state index in [0.29, 0.717) is 25.7 Å². The quantitative estimate of drug-likeness (QED) is 0.652. The molecule has 0 aromatic carbocycles. The second-order valence-electron chi connectivity index (χ2n) is 4.69. The van der Waals surface area contributed by atoms with Crippen LogP contribution in [0.1, 0.15) is 18.3 Å². The normalized spacial score (nSPS) is 20.7. The molecule has 6 nitrogen and oxygen atoms in total. The van der Waals surface area contributed by atoms with Crippen molar-refractivity contribution < 1.29 is 17.9 Å². The number of halogens is 3. The van der Waals surface area contributed by atoms with Gasteiger partial charge in [-0.2, -0.15) is 13.2 Å². The maximum atomic E-state index is 12.4. The van der Waals surface area contributed by atoms with E-state index >= 15 is 0 Å². The molecular weight excluding hydrogens is 287 g/mol. The summed E-state index contributed by atoms with van der Waals surface area (Å²) in [7, 11) is 0. The number of aliphatic imine (C=N–C) groups is 1. The molecule has 0 amide bonds. The average molecular weight is 303 g/mol. The number of morpholine rings is 1. The van der Waals surface area contributed by atoms with Crippen molar-refractivity contribution in [3.8, 4) is 0 Å². The highest BCUT2D eigenvalue weighted by atomic mass is 19.4. The molecule has 1 aromatic rings. The molecule has 1 aromatic heterocycles. The molecule has 2 heterocycles. The van der Waals surface area contributed by atoms with Crippen molar-refractivity contribution in [2.45, 2.75) is 25.7 Å². The van der Waals surface area contributed by atoms with E-state index in [1.807, 2.05) is 11.8 Å². The van der Waals surface area contributed by atoms with Gasteiger partial charge >= 0.3 is 6.18 Å². The van der Waals surface area contributed by atoms with E-state index in [1.54, 1.807) is 0 Å². The lowest BCUT2D eigenvalue weighted by Gasteiger charge is -2.31. The van der Waals surface area contributed by atoms with Gasteiger partial charge in [0, 0.05) is 25.5 Å². The minimum absolute atomic E-state index is 0.0374. The van der Waals surface area contributed by atoms with Crippen LogP contribution in [0.25, 0.3) is 0 Å². The SMILES string of the molecule is CC1CN(C(N)=NCc2ncc(C(F)(F)F)cn2)CCO1. The molecule has 1 aliphatic heterocycles. The summed E-state index contributed by atoms with van der Waals surface area (Å²) < 4.78 is 42.5. The molecule has 0 spiro atoms. The first-order valence-electron chi connectivity index (χ1n) is 6.41. The number of alkyl halides is 3. The molecule has 2 rings (SSSR count). The molecule has 1 atom stereocenters. The maximum absolute atomic E-state index is 12.4. The van der Waals surface area contributed by atoms with E-state index in [4.69, 9.17) is 10.5 Å². The van der Waals surface area contributed by atoms with Crippen LogP contribution in [0.5, 0.6) is 0 Å². The van der Waals surface area contributed by atoms with Gasteiger partial charge in [-0.15, -0.1) is 0 Å². The number of nitrogens with two attached hydrogens (primary N) is 1. The largest absolute Gasteiger partial charge is 0.419 e. The molecule has 0 radical (unpaired) electrons. The lowest BCUT2D eigenvalue weighted by Crippen LogP contribution is -2.47. The number of guanidine groups is 1. The number of aromatic nitrogens is 2. The smallest absolute Gasteiger partial charge is 0.375 e. The van der Waals surface area contributed by atoms with Gasteiger partial charge < -0.3 is 15.4 Å². The second kappa shape index (κ2) is 6.25. The third kappa shape index (κ3) is 4.28. The summed E-state index contributed by atoms with van der Waals surface area (Å²) in [6.07, 6.45) is -2.89. The standard InChI is InChI=1S/C12H16F3N5O/c1-8-7-20(2-3-21-8)11(16)19-6-10-17-4-9(5-18-10)12(13,14)15/h4-5,8H,2-3,6-7H2,1H3,(H2,16,19). The van der Waals surface area contributed by atoms with Crippen molar-refractivity contribution in [1.82, 2.24) is 14.9 Å². The molecule has 9 heteroatoms. The van der Waals surface area contributed by atoms with Gasteiger partial charge in [0.05, 0.1) is 18.3 Å². The average Bonchev–Trinajstić information content (AvgIpc) is 2.44. The lowest BCUT2D eigenvalue weighted by molar-refractivity contribution is -0.138. The molecule has 1 fully saturated rings. The fraction of sp³-hybridized carbons (Fsp3) is 0.583. The van der Waals surface area contributed by atoms with Gasteiger partial charge in [0.2, 0.25) is 0 Å². The van der Waals surface area contributed by atoms with E-state index in [0.717, 1.165) is 12.4 Å². The van der Waals surface area contributed by atoms with Crippen LogP contribution in [-0.2, 0) is 17.5 Å². The fourth-order valence-corrected chi connectivity index (χ4v) is 1.86. The maximum Gasteiger partial charge on any atom is 0.419 e. The van der Waals surface area contributed by atoms with Crippen LogP contribution >= 0.6 is 0 Å². The van der Waals surface area contributed by atoms with Crippen LogP contribution in [0.4, 0.5) is 13.2 Å². The minimum atomic E-state index is -4.44. The number of rotatable bonds is 2. The van der Waals surface area contributed by atoms with Crippen molar-refractivity contribution in [2.24, 2.45) is 10.7 Å². The van der Waals surface area contributed by atoms with Crippen molar-refractivity contribution in [3.05, 3.63) is 23.8 Å². The molecule has 0 saturated carbocycles. The highest BCUT2D eigenvalue weighted by Gasteiger charge is 2.31. The molecule has 1 saturated heterocycles. The first-order chi connectivity index (χ1) is 9.86. The van der Waals surface area contributed by atoms with Crippen molar-refractivity contribution in [3.63, 3.8) is 0 Å². The Morgan fingerprint density at radius 2 is 2.14 bits per heavy atom. The summed E-state index contributed by atoms with van der Waals surface area (Å²) in [4.78, 5) is 13.2. The zero-order chi connectivity index (χ0) is 15.5. The minimum Gasteiger partial charge on any atom is -0.375 e. The van der Waals surface area contributed by atoms with Crippen LogP contribution in [0, 0.1) is 0 Å². The third-order valence-corrected chi connectivity index (χ3v) is 2.98. The Morgan fingerprint density at radius 1 is 1.48 bits per heavy atom. The molecule has 1 aliphatic rings. The fourth-order valence-electron chi connectivity index (χ4n) is 1.86. The van der Waals surface area contributed by atoms with Crippen LogP contribution in [-0.4, -0.2) is 46.6 Å². The molecular formula is C12H16F3N5O. The van der Waals surface area contributed by atoms with Gasteiger partial charge in [-0.1, -0.05) is 0 Å². The van der Waals surface area contributed by atoms with Crippen molar-refractivity contribution in [2.75, 3.05) is 19.7 Å². The predicted molar refractivity (Wildman–Crippen MR) is 69.3 cm³/mol. The van der Waals surface area contributed by atoms with E-state index in [-0.39, 0.29) is 18.5 Å². The summed E-state index contributed by atoms with van der Waals surface area (Å²) in [5.41, 5.74) is 4.96. The molecule has 0 aliphatic carbocycles. The predicted octanol–water partition coefficient (Wildman–Crippen LogP) is 1.03. The Kier molecular flexibility index (Phi) is 4.61. The summed E-state index contributed by atoms with van der Waals surface area (Å²) in [5, 5.41) is 0.